The Morgan fingerprint density at radius 3 is 2.48 bits per heavy atom. The molecule has 0 spiro atoms. The Bertz CT molecular complexity index is 924. The summed E-state index contributed by atoms with van der Waals surface area (Å²) >= 11 is 0. The fraction of sp³-hybridized carbons (Fsp3) is 0.278. The van der Waals surface area contributed by atoms with Crippen molar-refractivity contribution in [1.29, 1.82) is 0 Å². The minimum absolute atomic E-state index is 0.107. The van der Waals surface area contributed by atoms with Crippen LogP contribution in [0.25, 0.3) is 0 Å². The average molecular weight is 365 g/mol. The summed E-state index contributed by atoms with van der Waals surface area (Å²) in [6.45, 7) is 0.375. The van der Waals surface area contributed by atoms with E-state index in [1.54, 1.807) is 12.1 Å². The first-order chi connectivity index (χ1) is 11.7. The second-order valence-electron chi connectivity index (χ2n) is 6.21. The third-order valence-corrected chi connectivity index (χ3v) is 4.97. The number of carbonyl (C=O) groups is 1. The third kappa shape index (κ3) is 3.87. The summed E-state index contributed by atoms with van der Waals surface area (Å²) in [6.07, 6.45) is 2.19. The highest BCUT2D eigenvalue weighted by molar-refractivity contribution is 7.89. The van der Waals surface area contributed by atoms with Crippen LogP contribution < -0.4 is 4.90 Å². The van der Waals surface area contributed by atoms with E-state index in [0.717, 1.165) is 12.3 Å². The van der Waals surface area contributed by atoms with Crippen LogP contribution in [0.15, 0.2) is 36.4 Å². The topological polar surface area (TPSA) is 54.5 Å². The summed E-state index contributed by atoms with van der Waals surface area (Å²) in [4.78, 5) is 14.1. The second kappa shape index (κ2) is 6.55. The molecule has 4 nitrogen and oxygen atoms in total. The summed E-state index contributed by atoms with van der Waals surface area (Å²) in [5.74, 6) is -1.84. The van der Waals surface area contributed by atoms with Gasteiger partial charge in [-0.3, -0.25) is 4.79 Å². The van der Waals surface area contributed by atoms with E-state index < -0.39 is 21.5 Å². The molecule has 0 saturated carbocycles. The number of hydrogen-bond donors (Lipinski definition) is 0. The summed E-state index contributed by atoms with van der Waals surface area (Å²) in [6, 6.07) is 8.22. The van der Waals surface area contributed by atoms with Gasteiger partial charge in [0.15, 0.2) is 9.84 Å². The van der Waals surface area contributed by atoms with Crippen LogP contribution in [0.5, 0.6) is 0 Å². The second-order valence-corrected chi connectivity index (χ2v) is 8.35. The average Bonchev–Trinajstić information content (AvgIpc) is 2.53. The molecule has 0 radical (unpaired) electrons. The van der Waals surface area contributed by atoms with Crippen LogP contribution in [0.3, 0.4) is 0 Å². The van der Waals surface area contributed by atoms with Gasteiger partial charge in [-0.25, -0.2) is 17.2 Å². The van der Waals surface area contributed by atoms with Crippen LogP contribution in [-0.4, -0.2) is 27.1 Å². The maximum atomic E-state index is 13.9. The largest absolute Gasteiger partial charge is 0.308 e. The van der Waals surface area contributed by atoms with E-state index >= 15 is 0 Å². The number of carbonyl (C=O) groups excluding carboxylic acids is 1. The van der Waals surface area contributed by atoms with Gasteiger partial charge in [-0.15, -0.1) is 0 Å². The van der Waals surface area contributed by atoms with Crippen molar-refractivity contribution < 1.29 is 22.0 Å². The lowest BCUT2D eigenvalue weighted by Crippen LogP contribution is -2.36. The summed E-state index contributed by atoms with van der Waals surface area (Å²) < 4.78 is 50.2. The van der Waals surface area contributed by atoms with Crippen LogP contribution in [0.4, 0.5) is 14.5 Å². The van der Waals surface area contributed by atoms with Crippen LogP contribution in [0, 0.1) is 11.6 Å². The van der Waals surface area contributed by atoms with Gasteiger partial charge >= 0.3 is 0 Å². The van der Waals surface area contributed by atoms with E-state index in [0.29, 0.717) is 36.1 Å². The molecular formula is C18H17F2NO3S. The molecule has 132 valence electrons. The molecule has 2 aromatic rings. The number of rotatable bonds is 3. The molecular weight excluding hydrogens is 348 g/mol. The molecule has 1 aliphatic rings. The van der Waals surface area contributed by atoms with Gasteiger partial charge in [0, 0.05) is 30.0 Å². The zero-order valence-electron chi connectivity index (χ0n) is 13.6. The normalized spacial score (nSPS) is 14.3. The van der Waals surface area contributed by atoms with Gasteiger partial charge in [0.05, 0.1) is 11.4 Å². The molecule has 0 saturated heterocycles. The Labute approximate surface area is 145 Å². The molecule has 0 aliphatic carbocycles. The lowest BCUT2D eigenvalue weighted by molar-refractivity contribution is 0.0985. The summed E-state index contributed by atoms with van der Waals surface area (Å²) in [7, 11) is -3.16. The maximum absolute atomic E-state index is 13.9. The molecule has 2 aromatic carbocycles. The molecule has 0 N–H and O–H groups in total. The van der Waals surface area contributed by atoms with Crippen molar-refractivity contribution in [1.82, 2.24) is 0 Å². The van der Waals surface area contributed by atoms with Gasteiger partial charge < -0.3 is 4.90 Å². The van der Waals surface area contributed by atoms with Crippen LogP contribution in [0.2, 0.25) is 0 Å². The minimum atomic E-state index is -3.16. The highest BCUT2D eigenvalue weighted by Crippen LogP contribution is 2.31. The molecule has 0 aromatic heterocycles. The van der Waals surface area contributed by atoms with E-state index in [1.807, 2.05) is 0 Å². The molecule has 1 amide bonds. The molecule has 1 aliphatic heterocycles. The van der Waals surface area contributed by atoms with Gasteiger partial charge in [-0.2, -0.15) is 0 Å². The number of benzene rings is 2. The Morgan fingerprint density at radius 2 is 1.84 bits per heavy atom. The summed E-state index contributed by atoms with van der Waals surface area (Å²) in [5.41, 5.74) is 1.52. The van der Waals surface area contributed by atoms with Crippen LogP contribution in [0.1, 0.15) is 27.9 Å². The molecule has 3 rings (SSSR count). The van der Waals surface area contributed by atoms with E-state index in [-0.39, 0.29) is 17.3 Å². The Balaban J connectivity index is 1.90. The van der Waals surface area contributed by atoms with E-state index in [2.05, 4.69) is 0 Å². The SMILES string of the molecule is CS(=O)(=O)Cc1ccc(C(=O)N2CCCc3c(F)cc(F)cc32)cc1. The Hall–Kier alpha value is -2.28. The maximum Gasteiger partial charge on any atom is 0.258 e. The smallest absolute Gasteiger partial charge is 0.258 e. The molecule has 25 heavy (non-hydrogen) atoms. The van der Waals surface area contributed by atoms with Crippen LogP contribution >= 0.6 is 0 Å². The Morgan fingerprint density at radius 1 is 1.16 bits per heavy atom. The minimum Gasteiger partial charge on any atom is -0.308 e. The molecule has 0 unspecified atom stereocenters. The lowest BCUT2D eigenvalue weighted by atomic mass is 9.99. The molecule has 0 fully saturated rings. The Kier molecular flexibility index (Phi) is 4.60. The quantitative estimate of drug-likeness (QED) is 0.840. The number of hydrogen-bond acceptors (Lipinski definition) is 3. The third-order valence-electron chi connectivity index (χ3n) is 4.11. The summed E-state index contributed by atoms with van der Waals surface area (Å²) in [5, 5.41) is 0. The molecule has 0 atom stereocenters. The number of anilines is 1. The fourth-order valence-electron chi connectivity index (χ4n) is 3.03. The van der Waals surface area contributed by atoms with Gasteiger partial charge in [0.2, 0.25) is 0 Å². The predicted octanol–water partition coefficient (Wildman–Crippen LogP) is 3.10. The molecule has 1 heterocycles. The zero-order chi connectivity index (χ0) is 18.2. The van der Waals surface area contributed by atoms with Crippen molar-refractivity contribution in [3.05, 3.63) is 64.7 Å². The zero-order valence-corrected chi connectivity index (χ0v) is 14.4. The first-order valence-electron chi connectivity index (χ1n) is 7.81. The lowest BCUT2D eigenvalue weighted by Gasteiger charge is -2.30. The first-order valence-corrected chi connectivity index (χ1v) is 9.87. The number of fused-ring (bicyclic) bond motifs is 1. The van der Waals surface area contributed by atoms with Crippen molar-refractivity contribution in [3.8, 4) is 0 Å². The fourth-order valence-corrected chi connectivity index (χ4v) is 3.82. The molecule has 0 bridgehead atoms. The standard InChI is InChI=1S/C18H17F2NO3S/c1-25(23,24)11-12-4-6-13(7-5-12)18(22)21-8-2-3-15-16(20)9-14(19)10-17(15)21/h4-7,9-10H,2-3,8,11H2,1H3. The van der Waals surface area contributed by atoms with E-state index in [9.17, 15) is 22.0 Å². The monoisotopic (exact) mass is 365 g/mol. The van der Waals surface area contributed by atoms with Crippen molar-refractivity contribution in [2.24, 2.45) is 0 Å². The molecule has 7 heteroatoms. The number of nitrogens with zero attached hydrogens (tertiary/aromatic N) is 1. The van der Waals surface area contributed by atoms with Crippen molar-refractivity contribution >= 4 is 21.4 Å². The highest BCUT2D eigenvalue weighted by Gasteiger charge is 2.26. The van der Waals surface area contributed by atoms with Crippen molar-refractivity contribution in [3.63, 3.8) is 0 Å². The van der Waals surface area contributed by atoms with Crippen molar-refractivity contribution in [2.45, 2.75) is 18.6 Å². The first kappa shape index (κ1) is 17.5. The van der Waals surface area contributed by atoms with Crippen LogP contribution in [-0.2, 0) is 22.0 Å². The van der Waals surface area contributed by atoms with E-state index in [1.165, 1.54) is 23.1 Å². The van der Waals surface area contributed by atoms with Gasteiger partial charge in [0.25, 0.3) is 5.91 Å². The van der Waals surface area contributed by atoms with Gasteiger partial charge in [-0.1, -0.05) is 12.1 Å². The number of halogens is 2. The predicted molar refractivity (Wildman–Crippen MR) is 91.3 cm³/mol. The number of amides is 1. The van der Waals surface area contributed by atoms with Gasteiger partial charge in [-0.05, 0) is 36.6 Å². The highest BCUT2D eigenvalue weighted by atomic mass is 32.2. The number of sulfone groups is 1. The van der Waals surface area contributed by atoms with Crippen molar-refractivity contribution in [2.75, 3.05) is 17.7 Å². The van der Waals surface area contributed by atoms with Gasteiger partial charge in [0.1, 0.15) is 11.6 Å². The van der Waals surface area contributed by atoms with E-state index in [4.69, 9.17) is 0 Å².